The number of aromatic nitrogens is 3. The van der Waals surface area contributed by atoms with Crippen molar-refractivity contribution in [2.24, 2.45) is 0 Å². The van der Waals surface area contributed by atoms with Crippen LogP contribution in [-0.2, 0) is 6.54 Å². The molecule has 0 aliphatic carbocycles. The van der Waals surface area contributed by atoms with E-state index < -0.39 is 6.10 Å². The maximum Gasteiger partial charge on any atom is 0.147 e. The summed E-state index contributed by atoms with van der Waals surface area (Å²) in [6.45, 7) is 4.07. The third kappa shape index (κ3) is 3.85. The van der Waals surface area contributed by atoms with Crippen molar-refractivity contribution in [3.8, 4) is 5.75 Å². The van der Waals surface area contributed by atoms with E-state index in [2.05, 4.69) is 10.1 Å². The lowest BCUT2D eigenvalue weighted by molar-refractivity contribution is 0.0886. The molecule has 0 spiro atoms. The molecule has 108 valence electrons. The maximum atomic E-state index is 9.96. The second-order valence-corrected chi connectivity index (χ2v) is 5.27. The summed E-state index contributed by atoms with van der Waals surface area (Å²) in [5.41, 5.74) is 0. The lowest BCUT2D eigenvalue weighted by Gasteiger charge is -2.13. The molecular weight excluding hydrogens is 301 g/mol. The van der Waals surface area contributed by atoms with Gasteiger partial charge in [-0.3, -0.25) is 0 Å². The quantitative estimate of drug-likeness (QED) is 0.921. The van der Waals surface area contributed by atoms with Crippen LogP contribution < -0.4 is 4.74 Å². The monoisotopic (exact) mass is 315 g/mol. The molecule has 0 unspecified atom stereocenters. The van der Waals surface area contributed by atoms with Crippen molar-refractivity contribution in [1.29, 1.82) is 0 Å². The third-order valence-corrected chi connectivity index (χ3v) is 3.20. The largest absolute Gasteiger partial charge is 0.489 e. The number of halogens is 2. The van der Waals surface area contributed by atoms with Crippen molar-refractivity contribution < 1.29 is 9.84 Å². The van der Waals surface area contributed by atoms with E-state index in [0.29, 0.717) is 28.2 Å². The maximum absolute atomic E-state index is 9.96. The van der Waals surface area contributed by atoms with Crippen molar-refractivity contribution in [3.05, 3.63) is 39.9 Å². The Kier molecular flexibility index (Phi) is 4.86. The average Bonchev–Trinajstić information content (AvgIpc) is 2.66. The molecule has 0 saturated heterocycles. The van der Waals surface area contributed by atoms with Gasteiger partial charge in [-0.15, -0.1) is 0 Å². The standard InChI is InChI=1S/C13H15Cl2N3O2/c1-8-16-9(2)18(17-8)6-11(19)7-20-13-4-3-10(14)5-12(13)15/h3-5,11,19H,6-7H2,1-2H3/t11-/m1/s1. The van der Waals surface area contributed by atoms with Crippen molar-refractivity contribution >= 4 is 23.2 Å². The number of benzene rings is 1. The van der Waals surface area contributed by atoms with Gasteiger partial charge in [0.15, 0.2) is 0 Å². The zero-order chi connectivity index (χ0) is 14.7. The zero-order valence-electron chi connectivity index (χ0n) is 11.2. The first-order valence-corrected chi connectivity index (χ1v) is 6.85. The van der Waals surface area contributed by atoms with Crippen LogP contribution in [0, 0.1) is 13.8 Å². The molecule has 1 aromatic heterocycles. The highest BCUT2D eigenvalue weighted by molar-refractivity contribution is 6.35. The van der Waals surface area contributed by atoms with Gasteiger partial charge >= 0.3 is 0 Å². The molecule has 0 radical (unpaired) electrons. The molecule has 2 aromatic rings. The summed E-state index contributed by atoms with van der Waals surface area (Å²) >= 11 is 11.8. The van der Waals surface area contributed by atoms with E-state index in [0.717, 1.165) is 5.82 Å². The fourth-order valence-electron chi connectivity index (χ4n) is 1.76. The number of rotatable bonds is 5. The van der Waals surface area contributed by atoms with Crippen molar-refractivity contribution in [2.45, 2.75) is 26.5 Å². The minimum absolute atomic E-state index is 0.111. The predicted octanol–water partition coefficient (Wildman–Crippen LogP) is 2.64. The number of aryl methyl sites for hydroxylation is 2. The van der Waals surface area contributed by atoms with E-state index in [1.165, 1.54) is 0 Å². The van der Waals surface area contributed by atoms with Crippen LogP contribution in [0.25, 0.3) is 0 Å². The van der Waals surface area contributed by atoms with Crippen molar-refractivity contribution in [3.63, 3.8) is 0 Å². The summed E-state index contributed by atoms with van der Waals surface area (Å²) in [6, 6.07) is 4.94. The van der Waals surface area contributed by atoms with Crippen molar-refractivity contribution in [2.75, 3.05) is 6.61 Å². The smallest absolute Gasteiger partial charge is 0.147 e. The van der Waals surface area contributed by atoms with E-state index in [9.17, 15) is 5.11 Å². The van der Waals surface area contributed by atoms with Crippen LogP contribution in [0.1, 0.15) is 11.6 Å². The molecule has 1 aromatic carbocycles. The van der Waals surface area contributed by atoms with E-state index in [4.69, 9.17) is 27.9 Å². The van der Waals surface area contributed by atoms with Gasteiger partial charge in [0.25, 0.3) is 0 Å². The molecule has 0 amide bonds. The average molecular weight is 316 g/mol. The molecule has 0 fully saturated rings. The van der Waals surface area contributed by atoms with Gasteiger partial charge in [0.1, 0.15) is 30.1 Å². The molecule has 0 aliphatic heterocycles. The van der Waals surface area contributed by atoms with Gasteiger partial charge in [-0.1, -0.05) is 23.2 Å². The van der Waals surface area contributed by atoms with E-state index >= 15 is 0 Å². The number of ether oxygens (including phenoxy) is 1. The van der Waals surface area contributed by atoms with Crippen LogP contribution in [0.5, 0.6) is 5.75 Å². The number of hydrogen-bond donors (Lipinski definition) is 1. The Morgan fingerprint density at radius 2 is 2.10 bits per heavy atom. The van der Waals surface area contributed by atoms with Crippen LogP contribution in [0.4, 0.5) is 0 Å². The van der Waals surface area contributed by atoms with Crippen LogP contribution in [0.15, 0.2) is 18.2 Å². The van der Waals surface area contributed by atoms with E-state index in [-0.39, 0.29) is 6.61 Å². The Bertz CT molecular complexity index is 601. The Balaban J connectivity index is 1.92. The lowest BCUT2D eigenvalue weighted by Crippen LogP contribution is -2.24. The second kappa shape index (κ2) is 6.43. The summed E-state index contributed by atoms with van der Waals surface area (Å²) in [5.74, 6) is 1.92. The van der Waals surface area contributed by atoms with Gasteiger partial charge in [0.2, 0.25) is 0 Å². The summed E-state index contributed by atoms with van der Waals surface area (Å²) in [4.78, 5) is 4.17. The van der Waals surface area contributed by atoms with Crippen molar-refractivity contribution in [1.82, 2.24) is 14.8 Å². The highest BCUT2D eigenvalue weighted by Crippen LogP contribution is 2.27. The Labute approximate surface area is 127 Å². The number of aliphatic hydroxyl groups excluding tert-OH is 1. The topological polar surface area (TPSA) is 60.2 Å². The highest BCUT2D eigenvalue weighted by Gasteiger charge is 2.11. The first-order valence-electron chi connectivity index (χ1n) is 6.09. The molecule has 0 bridgehead atoms. The van der Waals surface area contributed by atoms with Gasteiger partial charge in [-0.05, 0) is 32.0 Å². The van der Waals surface area contributed by atoms with E-state index in [1.807, 2.05) is 6.92 Å². The van der Waals surface area contributed by atoms with Gasteiger partial charge in [-0.25, -0.2) is 9.67 Å². The number of aliphatic hydroxyl groups is 1. The van der Waals surface area contributed by atoms with Crippen LogP contribution in [0.3, 0.4) is 0 Å². The summed E-state index contributed by atoms with van der Waals surface area (Å²) in [7, 11) is 0. The summed E-state index contributed by atoms with van der Waals surface area (Å²) < 4.78 is 7.12. The minimum Gasteiger partial charge on any atom is -0.489 e. The zero-order valence-corrected chi connectivity index (χ0v) is 12.7. The first-order chi connectivity index (χ1) is 9.45. The number of nitrogens with zero attached hydrogens (tertiary/aromatic N) is 3. The van der Waals surface area contributed by atoms with Gasteiger partial charge in [0, 0.05) is 5.02 Å². The summed E-state index contributed by atoms with van der Waals surface area (Å²) in [5, 5.41) is 15.1. The molecule has 5 nitrogen and oxygen atoms in total. The molecule has 20 heavy (non-hydrogen) atoms. The minimum atomic E-state index is -0.707. The lowest BCUT2D eigenvalue weighted by atomic mass is 10.3. The predicted molar refractivity (Wildman–Crippen MR) is 77.5 cm³/mol. The fraction of sp³-hybridized carbons (Fsp3) is 0.385. The highest BCUT2D eigenvalue weighted by atomic mass is 35.5. The Hall–Kier alpha value is -1.30. The van der Waals surface area contributed by atoms with Crippen LogP contribution >= 0.6 is 23.2 Å². The van der Waals surface area contributed by atoms with Crippen LogP contribution in [0.2, 0.25) is 10.0 Å². The normalized spacial score (nSPS) is 12.4. The van der Waals surface area contributed by atoms with E-state index in [1.54, 1.807) is 29.8 Å². The molecule has 1 heterocycles. The molecule has 2 rings (SSSR count). The SMILES string of the molecule is Cc1nc(C)n(C[C@@H](O)COc2ccc(Cl)cc2Cl)n1. The molecule has 1 atom stereocenters. The number of hydrogen-bond acceptors (Lipinski definition) is 4. The Morgan fingerprint density at radius 3 is 2.70 bits per heavy atom. The molecular formula is C13H15Cl2N3O2. The Morgan fingerprint density at radius 1 is 1.35 bits per heavy atom. The van der Waals surface area contributed by atoms with Crippen LogP contribution in [-0.4, -0.2) is 32.6 Å². The van der Waals surface area contributed by atoms with Gasteiger partial charge in [-0.2, -0.15) is 5.10 Å². The van der Waals surface area contributed by atoms with Gasteiger partial charge < -0.3 is 9.84 Å². The third-order valence-electron chi connectivity index (χ3n) is 2.67. The molecule has 0 aliphatic rings. The van der Waals surface area contributed by atoms with Gasteiger partial charge in [0.05, 0.1) is 11.6 Å². The first kappa shape index (κ1) is 15.1. The second-order valence-electron chi connectivity index (χ2n) is 4.43. The molecule has 7 heteroatoms. The molecule has 1 N–H and O–H groups in total. The fourth-order valence-corrected chi connectivity index (χ4v) is 2.23. The molecule has 0 saturated carbocycles. The summed E-state index contributed by atoms with van der Waals surface area (Å²) in [6.07, 6.45) is -0.707.